The Morgan fingerprint density at radius 2 is 0.662 bits per heavy atom. The van der Waals surface area contributed by atoms with Gasteiger partial charge in [-0.25, -0.2) is 0 Å². The third-order valence-electron chi connectivity index (χ3n) is 14.6. The number of ether oxygens (including phenoxy) is 1. The summed E-state index contributed by atoms with van der Waals surface area (Å²) < 4.78 is 5.49. The van der Waals surface area contributed by atoms with Crippen molar-refractivity contribution in [2.75, 3.05) is 13.2 Å². The first-order valence-corrected chi connectivity index (χ1v) is 31.8. The van der Waals surface area contributed by atoms with Crippen molar-refractivity contribution in [3.05, 3.63) is 36.5 Å². The first kappa shape index (κ1) is 69.1. The van der Waals surface area contributed by atoms with Gasteiger partial charge in [-0.2, -0.15) is 0 Å². The standard InChI is InChI=1S/C65H123NO5/c1-3-5-7-9-11-13-15-17-18-31-35-39-43-47-51-55-59-65(70)71-60-56-52-48-44-40-36-32-29-27-25-23-21-19-20-22-24-26-28-30-34-38-42-46-50-54-58-64(69)66-62(61-67)63(68)57-53-49-45-41-37-33-16-14-12-10-8-6-4-2/h18,20,22,31,53,57,62-63,67-68H,3-17,19,21,23-30,32-52,54-56,58-61H2,1-2H3,(H,66,69)/b22-20-,31-18-,57-53+. The van der Waals surface area contributed by atoms with Crippen LogP contribution < -0.4 is 5.32 Å². The topological polar surface area (TPSA) is 95.9 Å². The second kappa shape index (κ2) is 60.6. The van der Waals surface area contributed by atoms with Crippen LogP contribution in [0.3, 0.4) is 0 Å². The molecule has 0 bridgehead atoms. The number of allylic oxidation sites excluding steroid dienone is 5. The molecule has 0 spiro atoms. The fourth-order valence-electron chi connectivity index (χ4n) is 9.74. The van der Waals surface area contributed by atoms with E-state index in [1.165, 1.54) is 270 Å². The molecule has 0 aliphatic heterocycles. The van der Waals surface area contributed by atoms with E-state index in [9.17, 15) is 19.8 Å². The monoisotopic (exact) mass is 998 g/mol. The number of esters is 1. The minimum Gasteiger partial charge on any atom is -0.466 e. The maximum Gasteiger partial charge on any atom is 0.305 e. The van der Waals surface area contributed by atoms with Crippen molar-refractivity contribution in [3.63, 3.8) is 0 Å². The highest BCUT2D eigenvalue weighted by atomic mass is 16.5. The van der Waals surface area contributed by atoms with Crippen molar-refractivity contribution in [1.29, 1.82) is 0 Å². The van der Waals surface area contributed by atoms with Crippen LogP contribution in [0.25, 0.3) is 0 Å². The molecule has 0 aliphatic carbocycles. The minimum absolute atomic E-state index is 0.00564. The number of hydrogen-bond donors (Lipinski definition) is 3. The lowest BCUT2D eigenvalue weighted by molar-refractivity contribution is -0.143. The van der Waals surface area contributed by atoms with Crippen molar-refractivity contribution < 1.29 is 24.5 Å². The van der Waals surface area contributed by atoms with E-state index in [0.29, 0.717) is 19.4 Å². The average molecular weight is 999 g/mol. The lowest BCUT2D eigenvalue weighted by Crippen LogP contribution is -2.45. The van der Waals surface area contributed by atoms with Gasteiger partial charge in [0.1, 0.15) is 0 Å². The van der Waals surface area contributed by atoms with E-state index >= 15 is 0 Å². The van der Waals surface area contributed by atoms with Crippen LogP contribution in [0.1, 0.15) is 341 Å². The molecule has 1 amide bonds. The summed E-state index contributed by atoms with van der Waals surface area (Å²) >= 11 is 0. The smallest absolute Gasteiger partial charge is 0.305 e. The first-order chi connectivity index (χ1) is 35.0. The number of aliphatic hydroxyl groups is 2. The molecule has 418 valence electrons. The molecule has 2 atom stereocenters. The highest BCUT2D eigenvalue weighted by molar-refractivity contribution is 5.76. The number of carbonyl (C=O) groups is 2. The number of aliphatic hydroxyl groups excluding tert-OH is 2. The Morgan fingerprint density at radius 3 is 1.00 bits per heavy atom. The van der Waals surface area contributed by atoms with Crippen LogP contribution in [0.15, 0.2) is 36.5 Å². The molecule has 0 saturated heterocycles. The molecule has 0 aliphatic rings. The van der Waals surface area contributed by atoms with Crippen LogP contribution in [0.2, 0.25) is 0 Å². The van der Waals surface area contributed by atoms with Gasteiger partial charge < -0.3 is 20.3 Å². The van der Waals surface area contributed by atoms with Crippen LogP contribution in [-0.4, -0.2) is 47.4 Å². The SMILES string of the molecule is CCCCCCCCC/C=C\CCCCCCCC(=O)OCCCCCCCCCCCCCC/C=C\CCCCCCCCCCCC(=O)NC(CO)C(O)/C=C/CCCCCCCCCCCCC. The predicted molar refractivity (Wildman–Crippen MR) is 310 cm³/mol. The molecule has 0 radical (unpaired) electrons. The van der Waals surface area contributed by atoms with Gasteiger partial charge in [0.15, 0.2) is 0 Å². The molecule has 0 saturated carbocycles. The molecule has 0 aromatic rings. The van der Waals surface area contributed by atoms with Crippen LogP contribution in [0, 0.1) is 0 Å². The van der Waals surface area contributed by atoms with E-state index in [-0.39, 0.29) is 18.5 Å². The summed E-state index contributed by atoms with van der Waals surface area (Å²) in [6.45, 7) is 4.90. The summed E-state index contributed by atoms with van der Waals surface area (Å²) in [7, 11) is 0. The van der Waals surface area contributed by atoms with Crippen LogP contribution in [0.4, 0.5) is 0 Å². The van der Waals surface area contributed by atoms with Gasteiger partial charge in [-0.3, -0.25) is 9.59 Å². The Kier molecular flexibility index (Phi) is 59.0. The van der Waals surface area contributed by atoms with Gasteiger partial charge in [-0.05, 0) is 83.5 Å². The maximum atomic E-state index is 12.4. The summed E-state index contributed by atoms with van der Waals surface area (Å²) in [5.41, 5.74) is 0. The lowest BCUT2D eigenvalue weighted by Gasteiger charge is -2.20. The maximum absolute atomic E-state index is 12.4. The van der Waals surface area contributed by atoms with Gasteiger partial charge in [-0.1, -0.05) is 281 Å². The Bertz CT molecular complexity index is 1150. The normalized spacial score (nSPS) is 12.8. The van der Waals surface area contributed by atoms with Crippen LogP contribution in [-0.2, 0) is 14.3 Å². The summed E-state index contributed by atoms with van der Waals surface area (Å²) in [4.78, 5) is 24.5. The summed E-state index contributed by atoms with van der Waals surface area (Å²) in [6.07, 6.45) is 76.2. The highest BCUT2D eigenvalue weighted by Gasteiger charge is 2.18. The Labute approximate surface area is 443 Å². The number of amides is 1. The first-order valence-electron chi connectivity index (χ1n) is 31.8. The zero-order valence-corrected chi connectivity index (χ0v) is 47.7. The largest absolute Gasteiger partial charge is 0.466 e. The number of carbonyl (C=O) groups excluding carboxylic acids is 2. The molecule has 0 rings (SSSR count). The van der Waals surface area contributed by atoms with E-state index < -0.39 is 12.1 Å². The third kappa shape index (κ3) is 57.2. The second-order valence-corrected chi connectivity index (χ2v) is 21.7. The Hall–Kier alpha value is -1.92. The summed E-state index contributed by atoms with van der Waals surface area (Å²) in [5, 5.41) is 23.1. The molecule has 0 aromatic carbocycles. The zero-order valence-electron chi connectivity index (χ0n) is 47.7. The van der Waals surface area contributed by atoms with Gasteiger partial charge in [0.2, 0.25) is 5.91 Å². The third-order valence-corrected chi connectivity index (χ3v) is 14.6. The minimum atomic E-state index is -0.846. The number of rotatable bonds is 59. The Morgan fingerprint density at radius 1 is 0.380 bits per heavy atom. The van der Waals surface area contributed by atoms with Crippen LogP contribution in [0.5, 0.6) is 0 Å². The van der Waals surface area contributed by atoms with E-state index in [0.717, 1.165) is 44.9 Å². The average Bonchev–Trinajstić information content (AvgIpc) is 3.37. The molecule has 0 heterocycles. The van der Waals surface area contributed by atoms with Gasteiger partial charge in [-0.15, -0.1) is 0 Å². The lowest BCUT2D eigenvalue weighted by atomic mass is 10.0. The van der Waals surface area contributed by atoms with Gasteiger partial charge >= 0.3 is 5.97 Å². The van der Waals surface area contributed by atoms with Crippen molar-refractivity contribution in [1.82, 2.24) is 5.32 Å². The number of nitrogens with one attached hydrogen (secondary N) is 1. The molecule has 6 heteroatoms. The van der Waals surface area contributed by atoms with Crippen molar-refractivity contribution >= 4 is 11.9 Å². The van der Waals surface area contributed by atoms with Gasteiger partial charge in [0, 0.05) is 12.8 Å². The molecule has 6 nitrogen and oxygen atoms in total. The van der Waals surface area contributed by atoms with E-state index in [4.69, 9.17) is 4.74 Å². The molecule has 0 fully saturated rings. The van der Waals surface area contributed by atoms with E-state index in [1.807, 2.05) is 6.08 Å². The molecule has 2 unspecified atom stereocenters. The van der Waals surface area contributed by atoms with Crippen molar-refractivity contribution in [3.8, 4) is 0 Å². The van der Waals surface area contributed by atoms with Gasteiger partial charge in [0.25, 0.3) is 0 Å². The second-order valence-electron chi connectivity index (χ2n) is 21.7. The molecular formula is C65H123NO5. The quantitative estimate of drug-likeness (QED) is 0.0321. The fourth-order valence-corrected chi connectivity index (χ4v) is 9.74. The number of unbranched alkanes of at least 4 members (excludes halogenated alkanes) is 44. The summed E-state index contributed by atoms with van der Waals surface area (Å²) in [6, 6.07) is -0.630. The van der Waals surface area contributed by atoms with E-state index in [2.05, 4.69) is 43.5 Å². The fraction of sp³-hybridized carbons (Fsp3) is 0.877. The van der Waals surface area contributed by atoms with Gasteiger partial charge in [0.05, 0.1) is 25.4 Å². The van der Waals surface area contributed by atoms with Crippen molar-refractivity contribution in [2.45, 2.75) is 353 Å². The molecular weight excluding hydrogens is 875 g/mol. The molecule has 0 aromatic heterocycles. The molecule has 3 N–H and O–H groups in total. The summed E-state index contributed by atoms with van der Waals surface area (Å²) in [5.74, 6) is -0.0651. The zero-order chi connectivity index (χ0) is 51.4. The Balaban J connectivity index is 3.40. The van der Waals surface area contributed by atoms with Crippen molar-refractivity contribution in [2.24, 2.45) is 0 Å². The van der Waals surface area contributed by atoms with E-state index in [1.54, 1.807) is 6.08 Å². The number of hydrogen-bond acceptors (Lipinski definition) is 5. The van der Waals surface area contributed by atoms with Crippen LogP contribution >= 0.6 is 0 Å². The molecule has 71 heavy (non-hydrogen) atoms. The predicted octanol–water partition coefficient (Wildman–Crippen LogP) is 20.0. The highest BCUT2D eigenvalue weighted by Crippen LogP contribution is 2.17.